The van der Waals surface area contributed by atoms with Crippen LogP contribution in [0.25, 0.3) is 11.1 Å². The van der Waals surface area contributed by atoms with E-state index >= 15 is 0 Å². The summed E-state index contributed by atoms with van der Waals surface area (Å²) in [5.41, 5.74) is 10.9. The standard InChI is InChI=1S/C14H14N2O2/c1-9-10(2)14(15)8-7-13(9)11-3-5-12(6-4-11)16(17)18/h3-8H,15H2,1-2H3. The second kappa shape index (κ2) is 4.49. The van der Waals surface area contributed by atoms with Gasteiger partial charge in [0.05, 0.1) is 4.92 Å². The molecule has 0 bridgehead atoms. The molecule has 0 amide bonds. The van der Waals surface area contributed by atoms with Crippen molar-refractivity contribution in [3.63, 3.8) is 0 Å². The third kappa shape index (κ3) is 2.05. The van der Waals surface area contributed by atoms with Gasteiger partial charge in [-0.25, -0.2) is 0 Å². The summed E-state index contributed by atoms with van der Waals surface area (Å²) in [6.07, 6.45) is 0. The summed E-state index contributed by atoms with van der Waals surface area (Å²) < 4.78 is 0. The number of anilines is 1. The van der Waals surface area contributed by atoms with Crippen LogP contribution in [0.15, 0.2) is 36.4 Å². The van der Waals surface area contributed by atoms with Gasteiger partial charge in [0.15, 0.2) is 0 Å². The van der Waals surface area contributed by atoms with Gasteiger partial charge in [-0.3, -0.25) is 10.1 Å². The monoisotopic (exact) mass is 242 g/mol. The van der Waals surface area contributed by atoms with Crippen LogP contribution < -0.4 is 5.73 Å². The molecule has 2 rings (SSSR count). The predicted molar refractivity (Wildman–Crippen MR) is 72.4 cm³/mol. The Bertz CT molecular complexity index is 604. The minimum absolute atomic E-state index is 0.101. The number of nitrogen functional groups attached to an aromatic ring is 1. The van der Waals surface area contributed by atoms with Crippen LogP contribution in [-0.4, -0.2) is 4.92 Å². The molecule has 2 aromatic rings. The molecule has 0 spiro atoms. The number of nitrogens with zero attached hydrogens (tertiary/aromatic N) is 1. The van der Waals surface area contributed by atoms with Crippen LogP contribution in [0.4, 0.5) is 11.4 Å². The molecule has 0 aliphatic heterocycles. The molecular formula is C14H14N2O2. The van der Waals surface area contributed by atoms with Gasteiger partial charge in [-0.2, -0.15) is 0 Å². The number of nitrogens with two attached hydrogens (primary N) is 1. The average Bonchev–Trinajstić information content (AvgIpc) is 2.36. The maximum absolute atomic E-state index is 10.6. The Hall–Kier alpha value is -2.36. The van der Waals surface area contributed by atoms with Crippen molar-refractivity contribution in [2.75, 3.05) is 5.73 Å². The highest BCUT2D eigenvalue weighted by Crippen LogP contribution is 2.29. The average molecular weight is 242 g/mol. The Kier molecular flexibility index (Phi) is 3.02. The maximum atomic E-state index is 10.6. The highest BCUT2D eigenvalue weighted by molar-refractivity contribution is 5.72. The first-order chi connectivity index (χ1) is 8.50. The number of rotatable bonds is 2. The van der Waals surface area contributed by atoms with Crippen LogP contribution in [0.2, 0.25) is 0 Å². The van der Waals surface area contributed by atoms with Gasteiger partial charge in [-0.1, -0.05) is 6.07 Å². The van der Waals surface area contributed by atoms with E-state index in [1.165, 1.54) is 12.1 Å². The highest BCUT2D eigenvalue weighted by Gasteiger charge is 2.09. The number of nitro benzene ring substituents is 1. The lowest BCUT2D eigenvalue weighted by Crippen LogP contribution is -1.95. The number of non-ortho nitro benzene ring substituents is 1. The van der Waals surface area contributed by atoms with E-state index in [4.69, 9.17) is 5.73 Å². The zero-order valence-corrected chi connectivity index (χ0v) is 10.3. The molecular weight excluding hydrogens is 228 g/mol. The number of benzene rings is 2. The lowest BCUT2D eigenvalue weighted by molar-refractivity contribution is -0.384. The molecule has 0 unspecified atom stereocenters. The van der Waals surface area contributed by atoms with Crippen LogP contribution in [0, 0.1) is 24.0 Å². The minimum atomic E-state index is -0.398. The third-order valence-electron chi connectivity index (χ3n) is 3.22. The lowest BCUT2D eigenvalue weighted by Gasteiger charge is -2.11. The molecule has 0 fully saturated rings. The predicted octanol–water partition coefficient (Wildman–Crippen LogP) is 3.46. The van der Waals surface area contributed by atoms with Crippen LogP contribution in [0.5, 0.6) is 0 Å². The first-order valence-electron chi connectivity index (χ1n) is 5.61. The normalized spacial score (nSPS) is 10.3. The smallest absolute Gasteiger partial charge is 0.269 e. The quantitative estimate of drug-likeness (QED) is 0.498. The molecule has 4 nitrogen and oxygen atoms in total. The van der Waals surface area contributed by atoms with Gasteiger partial charge in [0, 0.05) is 17.8 Å². The summed E-state index contributed by atoms with van der Waals surface area (Å²) in [7, 11) is 0. The van der Waals surface area contributed by atoms with Gasteiger partial charge in [-0.15, -0.1) is 0 Å². The molecule has 0 saturated heterocycles. The lowest BCUT2D eigenvalue weighted by atomic mass is 9.96. The van der Waals surface area contributed by atoms with Crippen LogP contribution in [0.1, 0.15) is 11.1 Å². The van der Waals surface area contributed by atoms with Gasteiger partial charge in [0.25, 0.3) is 5.69 Å². The molecule has 2 N–H and O–H groups in total. The SMILES string of the molecule is Cc1c(N)ccc(-c2ccc([N+](=O)[O-])cc2)c1C. The van der Waals surface area contributed by atoms with Gasteiger partial charge in [0.1, 0.15) is 0 Å². The fraction of sp³-hybridized carbons (Fsp3) is 0.143. The summed E-state index contributed by atoms with van der Waals surface area (Å²) in [4.78, 5) is 10.2. The second-order valence-electron chi connectivity index (χ2n) is 4.26. The molecule has 4 heteroatoms. The second-order valence-corrected chi connectivity index (χ2v) is 4.26. The van der Waals surface area contributed by atoms with Gasteiger partial charge in [0.2, 0.25) is 0 Å². The topological polar surface area (TPSA) is 69.2 Å². The molecule has 18 heavy (non-hydrogen) atoms. The van der Waals surface area contributed by atoms with Crippen molar-refractivity contribution in [1.82, 2.24) is 0 Å². The van der Waals surface area contributed by atoms with E-state index in [0.717, 1.165) is 27.9 Å². The van der Waals surface area contributed by atoms with Crippen molar-refractivity contribution < 1.29 is 4.92 Å². The largest absolute Gasteiger partial charge is 0.399 e. The molecule has 0 aliphatic rings. The molecule has 92 valence electrons. The summed E-state index contributed by atoms with van der Waals surface area (Å²) in [5.74, 6) is 0. The summed E-state index contributed by atoms with van der Waals surface area (Å²) in [5, 5.41) is 10.6. The number of hydrogen-bond acceptors (Lipinski definition) is 3. The van der Waals surface area contributed by atoms with E-state index in [1.54, 1.807) is 12.1 Å². The van der Waals surface area contributed by atoms with Crippen molar-refractivity contribution in [3.05, 3.63) is 57.6 Å². The molecule has 0 saturated carbocycles. The summed E-state index contributed by atoms with van der Waals surface area (Å²) in [6, 6.07) is 10.4. The van der Waals surface area contributed by atoms with Crippen molar-refractivity contribution in [1.29, 1.82) is 0 Å². The number of hydrogen-bond donors (Lipinski definition) is 1. The molecule has 0 aliphatic carbocycles. The Morgan fingerprint density at radius 3 is 2.17 bits per heavy atom. The van der Waals surface area contributed by atoms with Crippen molar-refractivity contribution in [3.8, 4) is 11.1 Å². The van der Waals surface area contributed by atoms with Gasteiger partial charge in [-0.05, 0) is 54.3 Å². The van der Waals surface area contributed by atoms with E-state index in [2.05, 4.69) is 0 Å². The molecule has 0 heterocycles. The first kappa shape index (κ1) is 12.1. The Labute approximate surface area is 105 Å². The molecule has 2 aromatic carbocycles. The fourth-order valence-electron chi connectivity index (χ4n) is 1.92. The zero-order chi connectivity index (χ0) is 13.3. The Balaban J connectivity index is 2.49. The van der Waals surface area contributed by atoms with E-state index < -0.39 is 4.92 Å². The van der Waals surface area contributed by atoms with Crippen molar-refractivity contribution in [2.24, 2.45) is 0 Å². The molecule has 0 atom stereocenters. The van der Waals surface area contributed by atoms with E-state index in [-0.39, 0.29) is 5.69 Å². The highest BCUT2D eigenvalue weighted by atomic mass is 16.6. The van der Waals surface area contributed by atoms with Crippen LogP contribution >= 0.6 is 0 Å². The van der Waals surface area contributed by atoms with Crippen LogP contribution in [0.3, 0.4) is 0 Å². The van der Waals surface area contributed by atoms with E-state index in [1.807, 2.05) is 26.0 Å². The van der Waals surface area contributed by atoms with Crippen molar-refractivity contribution in [2.45, 2.75) is 13.8 Å². The van der Waals surface area contributed by atoms with Crippen LogP contribution in [-0.2, 0) is 0 Å². The van der Waals surface area contributed by atoms with E-state index in [9.17, 15) is 10.1 Å². The van der Waals surface area contributed by atoms with Crippen molar-refractivity contribution >= 4 is 11.4 Å². The molecule has 0 radical (unpaired) electrons. The Morgan fingerprint density at radius 2 is 1.61 bits per heavy atom. The first-order valence-corrected chi connectivity index (χ1v) is 5.61. The van der Waals surface area contributed by atoms with E-state index in [0.29, 0.717) is 0 Å². The number of nitro groups is 1. The summed E-state index contributed by atoms with van der Waals surface area (Å²) in [6.45, 7) is 3.97. The third-order valence-corrected chi connectivity index (χ3v) is 3.22. The fourth-order valence-corrected chi connectivity index (χ4v) is 1.92. The van der Waals surface area contributed by atoms with Gasteiger partial charge >= 0.3 is 0 Å². The zero-order valence-electron chi connectivity index (χ0n) is 10.3. The Morgan fingerprint density at radius 1 is 1.00 bits per heavy atom. The maximum Gasteiger partial charge on any atom is 0.269 e. The summed E-state index contributed by atoms with van der Waals surface area (Å²) >= 11 is 0. The molecule has 0 aromatic heterocycles. The van der Waals surface area contributed by atoms with Gasteiger partial charge < -0.3 is 5.73 Å². The minimum Gasteiger partial charge on any atom is -0.399 e.